The van der Waals surface area contributed by atoms with E-state index in [-0.39, 0.29) is 5.95 Å². The lowest BCUT2D eigenvalue weighted by Crippen LogP contribution is -2.42. The number of carbonyl (C=O) groups is 2. The first-order chi connectivity index (χ1) is 12.5. The maximum atomic E-state index is 12.6. The van der Waals surface area contributed by atoms with Gasteiger partial charge < -0.3 is 10.0 Å². The lowest BCUT2D eigenvalue weighted by atomic mass is 10.1. The molecule has 0 radical (unpaired) electrons. The third-order valence-corrected chi connectivity index (χ3v) is 4.66. The van der Waals surface area contributed by atoms with Gasteiger partial charge in [-0.1, -0.05) is 15.9 Å². The van der Waals surface area contributed by atoms with Crippen LogP contribution in [-0.4, -0.2) is 39.7 Å². The second-order valence-corrected chi connectivity index (χ2v) is 6.83. The predicted octanol–water partition coefficient (Wildman–Crippen LogP) is 2.08. The number of aromatic nitrogens is 2. The van der Waals surface area contributed by atoms with E-state index in [0.717, 1.165) is 34.6 Å². The first-order valence-electron chi connectivity index (χ1n) is 8.14. The van der Waals surface area contributed by atoms with Crippen LogP contribution < -0.4 is 15.9 Å². The summed E-state index contributed by atoms with van der Waals surface area (Å²) in [5.41, 5.74) is 1.51. The molecule has 0 spiro atoms. The molecule has 2 aromatic rings. The number of aromatic carboxylic acids is 1. The van der Waals surface area contributed by atoms with Gasteiger partial charge in [0.15, 0.2) is 0 Å². The minimum Gasteiger partial charge on any atom is -0.477 e. The summed E-state index contributed by atoms with van der Waals surface area (Å²) in [6.07, 6.45) is 4.00. The quantitative estimate of drug-likeness (QED) is 0.784. The monoisotopic (exact) mass is 420 g/mol. The summed E-state index contributed by atoms with van der Waals surface area (Å²) in [5.74, 6) is -1.67. The molecule has 1 aromatic heterocycles. The predicted molar refractivity (Wildman–Crippen MR) is 99.4 cm³/mol. The molecule has 1 fully saturated rings. The highest BCUT2D eigenvalue weighted by atomic mass is 79.9. The van der Waals surface area contributed by atoms with Gasteiger partial charge in [0, 0.05) is 23.1 Å². The largest absolute Gasteiger partial charge is 0.477 e. The number of rotatable bonds is 4. The topological polar surface area (TPSA) is 105 Å². The lowest BCUT2D eigenvalue weighted by molar-refractivity contribution is 0.0693. The highest BCUT2D eigenvalue weighted by Gasteiger charge is 2.22. The minimum absolute atomic E-state index is 0.241. The Bertz CT molecular complexity index is 889. The molecule has 8 nitrogen and oxygen atoms in total. The van der Waals surface area contributed by atoms with Crippen LogP contribution in [0, 0.1) is 0 Å². The standard InChI is InChI=1S/C17H17BrN4O4/c18-12-6-4-11(5-7-12)14(23)20-22-15(24)13(16(25)26)10-19-17(22)21-8-2-1-3-9-21/h4-7,10H,1-3,8-9H2,(H,20,23)(H,25,26). The van der Waals surface area contributed by atoms with Gasteiger partial charge in [0.2, 0.25) is 5.95 Å². The Labute approximate surface area is 157 Å². The number of carbonyl (C=O) groups excluding carboxylic acids is 1. The van der Waals surface area contributed by atoms with Crippen LogP contribution in [0.3, 0.4) is 0 Å². The fourth-order valence-corrected chi connectivity index (χ4v) is 3.04. The zero-order chi connectivity index (χ0) is 18.7. The van der Waals surface area contributed by atoms with E-state index in [4.69, 9.17) is 0 Å². The van der Waals surface area contributed by atoms with Crippen LogP contribution >= 0.6 is 15.9 Å². The highest BCUT2D eigenvalue weighted by molar-refractivity contribution is 9.10. The minimum atomic E-state index is -1.39. The number of carboxylic acid groups (broad SMARTS) is 1. The molecule has 1 aromatic carbocycles. The Morgan fingerprint density at radius 2 is 1.77 bits per heavy atom. The number of nitrogens with zero attached hydrogens (tertiary/aromatic N) is 3. The third-order valence-electron chi connectivity index (χ3n) is 4.13. The van der Waals surface area contributed by atoms with Gasteiger partial charge in [0.25, 0.3) is 11.5 Å². The summed E-state index contributed by atoms with van der Waals surface area (Å²) >= 11 is 3.29. The molecule has 9 heteroatoms. The van der Waals surface area contributed by atoms with E-state index in [1.807, 2.05) is 4.90 Å². The number of anilines is 1. The summed E-state index contributed by atoms with van der Waals surface area (Å²) in [7, 11) is 0. The maximum absolute atomic E-state index is 12.6. The Kier molecular flexibility index (Phi) is 5.36. The molecule has 136 valence electrons. The van der Waals surface area contributed by atoms with Crippen molar-refractivity contribution in [1.82, 2.24) is 9.66 Å². The molecular weight excluding hydrogens is 404 g/mol. The molecule has 3 rings (SSSR count). The molecule has 0 aliphatic carbocycles. The van der Waals surface area contributed by atoms with E-state index in [1.165, 1.54) is 0 Å². The van der Waals surface area contributed by atoms with Crippen LogP contribution in [0.2, 0.25) is 0 Å². The second-order valence-electron chi connectivity index (χ2n) is 5.91. The molecule has 0 bridgehead atoms. The number of hydrogen-bond acceptors (Lipinski definition) is 5. The molecule has 2 N–H and O–H groups in total. The van der Waals surface area contributed by atoms with Crippen molar-refractivity contribution < 1.29 is 14.7 Å². The van der Waals surface area contributed by atoms with Crippen LogP contribution in [0.1, 0.15) is 40.0 Å². The molecule has 1 aliphatic rings. The summed E-state index contributed by atoms with van der Waals surface area (Å²) in [4.78, 5) is 42.4. The van der Waals surface area contributed by atoms with E-state index >= 15 is 0 Å². The number of hydrogen-bond donors (Lipinski definition) is 2. The molecule has 2 heterocycles. The van der Waals surface area contributed by atoms with Gasteiger partial charge in [-0.15, -0.1) is 0 Å². The van der Waals surface area contributed by atoms with Crippen molar-refractivity contribution in [1.29, 1.82) is 0 Å². The molecule has 1 aliphatic heterocycles. The van der Waals surface area contributed by atoms with Crippen molar-refractivity contribution in [3.8, 4) is 0 Å². The number of carboxylic acids is 1. The number of nitrogens with one attached hydrogen (secondary N) is 1. The Morgan fingerprint density at radius 3 is 2.38 bits per heavy atom. The zero-order valence-corrected chi connectivity index (χ0v) is 15.4. The molecule has 0 unspecified atom stereocenters. The number of amides is 1. The number of piperidine rings is 1. The summed E-state index contributed by atoms with van der Waals surface area (Å²) in [5, 5.41) is 9.19. The van der Waals surface area contributed by atoms with E-state index in [1.54, 1.807) is 24.3 Å². The van der Waals surface area contributed by atoms with Crippen LogP contribution in [0.25, 0.3) is 0 Å². The van der Waals surface area contributed by atoms with Gasteiger partial charge in [-0.25, -0.2) is 9.78 Å². The highest BCUT2D eigenvalue weighted by Crippen LogP contribution is 2.16. The summed E-state index contributed by atoms with van der Waals surface area (Å²) in [6, 6.07) is 6.60. The van der Waals surface area contributed by atoms with E-state index in [2.05, 4.69) is 26.3 Å². The van der Waals surface area contributed by atoms with Gasteiger partial charge >= 0.3 is 5.97 Å². The molecule has 26 heavy (non-hydrogen) atoms. The van der Waals surface area contributed by atoms with Gasteiger partial charge in [-0.2, -0.15) is 4.68 Å². The van der Waals surface area contributed by atoms with Crippen molar-refractivity contribution in [2.24, 2.45) is 0 Å². The second kappa shape index (κ2) is 7.69. The van der Waals surface area contributed by atoms with Crippen LogP contribution in [0.4, 0.5) is 5.95 Å². The van der Waals surface area contributed by atoms with Gasteiger partial charge in [-0.05, 0) is 43.5 Å². The van der Waals surface area contributed by atoms with Crippen molar-refractivity contribution in [3.05, 3.63) is 56.4 Å². The number of benzene rings is 1. The third kappa shape index (κ3) is 3.77. The van der Waals surface area contributed by atoms with Gasteiger partial charge in [0.1, 0.15) is 5.56 Å². The van der Waals surface area contributed by atoms with E-state index in [0.29, 0.717) is 18.7 Å². The first-order valence-corrected chi connectivity index (χ1v) is 8.94. The van der Waals surface area contributed by atoms with Crippen LogP contribution in [-0.2, 0) is 0 Å². The molecule has 1 amide bonds. The van der Waals surface area contributed by atoms with Crippen LogP contribution in [0.5, 0.6) is 0 Å². The summed E-state index contributed by atoms with van der Waals surface area (Å²) < 4.78 is 1.74. The molecule has 0 saturated carbocycles. The van der Waals surface area contributed by atoms with Crippen molar-refractivity contribution >= 4 is 33.8 Å². The Hall–Kier alpha value is -2.68. The van der Waals surface area contributed by atoms with Crippen molar-refractivity contribution in [2.45, 2.75) is 19.3 Å². The van der Waals surface area contributed by atoms with E-state index < -0.39 is 23.0 Å². The van der Waals surface area contributed by atoms with Gasteiger partial charge in [-0.3, -0.25) is 15.0 Å². The van der Waals surface area contributed by atoms with Crippen LogP contribution in [0.15, 0.2) is 39.7 Å². The van der Waals surface area contributed by atoms with Crippen molar-refractivity contribution in [2.75, 3.05) is 23.4 Å². The lowest BCUT2D eigenvalue weighted by Gasteiger charge is -2.29. The average molecular weight is 421 g/mol. The van der Waals surface area contributed by atoms with Gasteiger partial charge in [0.05, 0.1) is 6.20 Å². The SMILES string of the molecule is O=C(Nn1c(N2CCCCC2)ncc(C(=O)O)c1=O)c1ccc(Br)cc1. The molecular formula is C17H17BrN4O4. The normalized spacial score (nSPS) is 14.1. The first kappa shape index (κ1) is 18.1. The van der Waals surface area contributed by atoms with E-state index in [9.17, 15) is 19.5 Å². The fourth-order valence-electron chi connectivity index (χ4n) is 2.78. The average Bonchev–Trinajstić information content (AvgIpc) is 2.64. The molecule has 1 saturated heterocycles. The Morgan fingerprint density at radius 1 is 1.12 bits per heavy atom. The van der Waals surface area contributed by atoms with Crippen molar-refractivity contribution in [3.63, 3.8) is 0 Å². The summed E-state index contributed by atoms with van der Waals surface area (Å²) in [6.45, 7) is 1.38. The fraction of sp³-hybridized carbons (Fsp3) is 0.294. The zero-order valence-electron chi connectivity index (χ0n) is 13.8. The number of halogens is 1. The smallest absolute Gasteiger partial charge is 0.343 e. The molecule has 0 atom stereocenters. The maximum Gasteiger partial charge on any atom is 0.343 e. The Balaban J connectivity index is 2.00.